The molecule has 1 heterocycles. The van der Waals surface area contributed by atoms with Gasteiger partial charge in [0, 0.05) is 17.8 Å². The Labute approximate surface area is 150 Å². The van der Waals surface area contributed by atoms with Crippen LogP contribution in [0.25, 0.3) is 0 Å². The van der Waals surface area contributed by atoms with Gasteiger partial charge in [0.15, 0.2) is 0 Å². The van der Waals surface area contributed by atoms with Gasteiger partial charge in [-0.1, -0.05) is 11.6 Å². The van der Waals surface area contributed by atoms with Crippen LogP contribution in [-0.4, -0.2) is 27.1 Å². The molecule has 1 amide bonds. The zero-order chi connectivity index (χ0) is 18.2. The van der Waals surface area contributed by atoms with Crippen LogP contribution in [0.3, 0.4) is 0 Å². The second-order valence-electron chi connectivity index (χ2n) is 5.87. The molecule has 2 aromatic carbocycles. The Kier molecular flexibility index (Phi) is 4.71. The molecule has 2 aromatic rings. The van der Waals surface area contributed by atoms with E-state index >= 15 is 0 Å². The molecule has 0 saturated heterocycles. The molecule has 132 valence electrons. The molecule has 0 saturated carbocycles. The van der Waals surface area contributed by atoms with E-state index in [4.69, 9.17) is 11.6 Å². The van der Waals surface area contributed by atoms with Gasteiger partial charge in [-0.25, -0.2) is 12.8 Å². The highest BCUT2D eigenvalue weighted by Crippen LogP contribution is 2.30. The molecular weight excluding hydrogens is 367 g/mol. The van der Waals surface area contributed by atoms with Gasteiger partial charge in [-0.05, 0) is 54.8 Å². The quantitative estimate of drug-likeness (QED) is 0.884. The lowest BCUT2D eigenvalue weighted by atomic mass is 10.0. The van der Waals surface area contributed by atoms with E-state index in [9.17, 15) is 17.6 Å². The lowest BCUT2D eigenvalue weighted by molar-refractivity contribution is 0.102. The number of hydrogen-bond donors (Lipinski definition) is 1. The Morgan fingerprint density at radius 2 is 2.00 bits per heavy atom. The number of nitrogens with one attached hydrogen (secondary N) is 1. The van der Waals surface area contributed by atoms with E-state index in [0.717, 1.165) is 5.56 Å². The third-order valence-electron chi connectivity index (χ3n) is 4.00. The van der Waals surface area contributed by atoms with E-state index in [1.807, 2.05) is 0 Å². The van der Waals surface area contributed by atoms with Gasteiger partial charge in [-0.15, -0.1) is 0 Å². The number of fused-ring (bicyclic) bond motifs is 1. The van der Waals surface area contributed by atoms with Crippen molar-refractivity contribution in [2.24, 2.45) is 0 Å². The summed E-state index contributed by atoms with van der Waals surface area (Å²) >= 11 is 5.71. The van der Waals surface area contributed by atoms with Crippen molar-refractivity contribution >= 4 is 38.9 Å². The average molecular weight is 383 g/mol. The molecule has 5 nitrogen and oxygen atoms in total. The Balaban J connectivity index is 1.86. The number of nitrogens with zero attached hydrogens (tertiary/aromatic N) is 1. The number of rotatable bonds is 3. The van der Waals surface area contributed by atoms with Gasteiger partial charge >= 0.3 is 0 Å². The van der Waals surface area contributed by atoms with Crippen molar-refractivity contribution in [1.82, 2.24) is 0 Å². The molecule has 0 aliphatic carbocycles. The summed E-state index contributed by atoms with van der Waals surface area (Å²) in [6, 6.07) is 8.83. The number of anilines is 2. The molecule has 1 aliphatic rings. The van der Waals surface area contributed by atoms with E-state index in [0.29, 0.717) is 36.3 Å². The summed E-state index contributed by atoms with van der Waals surface area (Å²) in [6.45, 7) is 0.436. The summed E-state index contributed by atoms with van der Waals surface area (Å²) in [5, 5.41) is 2.58. The molecular formula is C17H16ClFN2O3S. The zero-order valence-electron chi connectivity index (χ0n) is 13.4. The first-order valence-corrected chi connectivity index (χ1v) is 9.85. The molecule has 8 heteroatoms. The zero-order valence-corrected chi connectivity index (χ0v) is 15.0. The summed E-state index contributed by atoms with van der Waals surface area (Å²) in [6.07, 6.45) is 2.56. The SMILES string of the molecule is CS(=O)(=O)N1CCCc2cc(C(=O)Nc3ccc(F)c(Cl)c3)ccc21. The van der Waals surface area contributed by atoms with Gasteiger partial charge in [-0.2, -0.15) is 0 Å². The highest BCUT2D eigenvalue weighted by atomic mass is 35.5. The number of benzene rings is 2. The normalized spacial score (nSPS) is 14.1. The first-order valence-electron chi connectivity index (χ1n) is 7.63. The van der Waals surface area contributed by atoms with E-state index in [-0.39, 0.29) is 10.9 Å². The van der Waals surface area contributed by atoms with Crippen LogP contribution < -0.4 is 9.62 Å². The highest BCUT2D eigenvalue weighted by Gasteiger charge is 2.24. The van der Waals surface area contributed by atoms with Crippen molar-refractivity contribution in [3.8, 4) is 0 Å². The van der Waals surface area contributed by atoms with Crippen LogP contribution >= 0.6 is 11.6 Å². The van der Waals surface area contributed by atoms with E-state index in [1.54, 1.807) is 18.2 Å². The van der Waals surface area contributed by atoms with Gasteiger partial charge in [0.05, 0.1) is 17.0 Å². The third-order valence-corrected chi connectivity index (χ3v) is 5.47. The van der Waals surface area contributed by atoms with E-state index < -0.39 is 15.8 Å². The van der Waals surface area contributed by atoms with Gasteiger partial charge in [0.2, 0.25) is 10.0 Å². The summed E-state index contributed by atoms with van der Waals surface area (Å²) in [5.41, 5.74) is 2.19. The maximum Gasteiger partial charge on any atom is 0.255 e. The number of aryl methyl sites for hydroxylation is 1. The fraction of sp³-hybridized carbons (Fsp3) is 0.235. The summed E-state index contributed by atoms with van der Waals surface area (Å²) in [5.74, 6) is -0.934. The number of amides is 1. The average Bonchev–Trinajstić information content (AvgIpc) is 2.56. The first kappa shape index (κ1) is 17.7. The Morgan fingerprint density at radius 1 is 1.24 bits per heavy atom. The minimum Gasteiger partial charge on any atom is -0.322 e. The number of carbonyl (C=O) groups is 1. The molecule has 3 rings (SSSR count). The molecule has 1 N–H and O–H groups in total. The number of sulfonamides is 1. The molecule has 0 fully saturated rings. The second-order valence-corrected chi connectivity index (χ2v) is 8.18. The van der Waals surface area contributed by atoms with Crippen LogP contribution in [0.4, 0.5) is 15.8 Å². The maximum atomic E-state index is 13.2. The van der Waals surface area contributed by atoms with Gasteiger partial charge in [-0.3, -0.25) is 9.10 Å². The lowest BCUT2D eigenvalue weighted by Gasteiger charge is -2.29. The van der Waals surface area contributed by atoms with Crippen LogP contribution in [0.2, 0.25) is 5.02 Å². The standard InChI is InChI=1S/C17H16ClFN2O3S/c1-25(23,24)21-8-2-3-11-9-12(4-7-16(11)21)17(22)20-13-5-6-15(19)14(18)10-13/h4-7,9-10H,2-3,8H2,1H3,(H,20,22). The monoisotopic (exact) mass is 382 g/mol. The van der Waals surface area contributed by atoms with Gasteiger partial charge < -0.3 is 5.32 Å². The lowest BCUT2D eigenvalue weighted by Crippen LogP contribution is -2.34. The van der Waals surface area contributed by atoms with Crippen LogP contribution in [0.5, 0.6) is 0 Å². The van der Waals surface area contributed by atoms with Gasteiger partial charge in [0.1, 0.15) is 5.82 Å². The van der Waals surface area contributed by atoms with Crippen molar-refractivity contribution in [2.45, 2.75) is 12.8 Å². The van der Waals surface area contributed by atoms with Crippen LogP contribution in [-0.2, 0) is 16.4 Å². The predicted molar refractivity (Wildman–Crippen MR) is 96.3 cm³/mol. The topological polar surface area (TPSA) is 66.5 Å². The number of hydrogen-bond acceptors (Lipinski definition) is 3. The van der Waals surface area contributed by atoms with Crippen LogP contribution in [0.15, 0.2) is 36.4 Å². The number of carbonyl (C=O) groups excluding carboxylic acids is 1. The van der Waals surface area contributed by atoms with E-state index in [1.165, 1.54) is 28.8 Å². The first-order chi connectivity index (χ1) is 11.8. The van der Waals surface area contributed by atoms with Crippen molar-refractivity contribution < 1.29 is 17.6 Å². The molecule has 1 aliphatic heterocycles. The predicted octanol–water partition coefficient (Wildman–Crippen LogP) is 3.44. The summed E-state index contributed by atoms with van der Waals surface area (Å²) < 4.78 is 38.3. The third kappa shape index (κ3) is 3.77. The van der Waals surface area contributed by atoms with Crippen molar-refractivity contribution in [1.29, 1.82) is 0 Å². The number of halogens is 2. The van der Waals surface area contributed by atoms with Crippen molar-refractivity contribution in [2.75, 3.05) is 22.4 Å². The Morgan fingerprint density at radius 3 is 2.68 bits per heavy atom. The highest BCUT2D eigenvalue weighted by molar-refractivity contribution is 7.92. The molecule has 0 bridgehead atoms. The maximum absolute atomic E-state index is 13.2. The molecule has 0 atom stereocenters. The summed E-state index contributed by atoms with van der Waals surface area (Å²) in [4.78, 5) is 12.4. The largest absolute Gasteiger partial charge is 0.322 e. The van der Waals surface area contributed by atoms with Crippen LogP contribution in [0, 0.1) is 5.82 Å². The minimum atomic E-state index is -3.35. The van der Waals surface area contributed by atoms with Crippen molar-refractivity contribution in [3.05, 3.63) is 58.4 Å². The van der Waals surface area contributed by atoms with Crippen molar-refractivity contribution in [3.63, 3.8) is 0 Å². The molecule has 0 aromatic heterocycles. The fourth-order valence-electron chi connectivity index (χ4n) is 2.83. The molecule has 25 heavy (non-hydrogen) atoms. The Hall–Kier alpha value is -2.12. The molecule has 0 radical (unpaired) electrons. The minimum absolute atomic E-state index is 0.0768. The molecule has 0 unspecified atom stereocenters. The van der Waals surface area contributed by atoms with Gasteiger partial charge in [0.25, 0.3) is 5.91 Å². The Bertz CT molecular complexity index is 947. The fourth-order valence-corrected chi connectivity index (χ4v) is 4.00. The van der Waals surface area contributed by atoms with Crippen LogP contribution in [0.1, 0.15) is 22.3 Å². The summed E-state index contributed by atoms with van der Waals surface area (Å²) in [7, 11) is -3.35. The van der Waals surface area contributed by atoms with E-state index in [2.05, 4.69) is 5.32 Å². The smallest absolute Gasteiger partial charge is 0.255 e. The second kappa shape index (κ2) is 6.65. The molecule has 0 spiro atoms.